The van der Waals surface area contributed by atoms with E-state index in [2.05, 4.69) is 0 Å². The first-order valence-corrected chi connectivity index (χ1v) is 13.1. The van der Waals surface area contributed by atoms with Crippen LogP contribution in [-0.2, 0) is 16.6 Å². The number of rotatable bonds is 5. The van der Waals surface area contributed by atoms with Crippen molar-refractivity contribution in [2.24, 2.45) is 12.0 Å². The Morgan fingerprint density at radius 2 is 2.00 bits per heavy atom. The van der Waals surface area contributed by atoms with Crippen LogP contribution in [0.3, 0.4) is 0 Å². The lowest BCUT2D eigenvalue weighted by molar-refractivity contribution is -0.113. The van der Waals surface area contributed by atoms with Crippen molar-refractivity contribution in [3.63, 3.8) is 0 Å². The standard InChI is InChI=1S/C25H26N4O3S2/c1-16-11-13-33-21(16)14-20-23(30)28(25(26-20)34-15-19-10-7-12-32-19)22-17(2)27(3)29(24(22)31)18-8-5-4-6-9-18/h4-6,8-9,11,13-14,19H,7,10,12,15H2,1-3H3/b20-14-. The van der Waals surface area contributed by atoms with Crippen molar-refractivity contribution in [2.75, 3.05) is 17.3 Å². The van der Waals surface area contributed by atoms with Gasteiger partial charge in [0, 0.05) is 24.3 Å². The van der Waals surface area contributed by atoms with Gasteiger partial charge in [-0.25, -0.2) is 14.6 Å². The first-order chi connectivity index (χ1) is 16.5. The molecule has 1 fully saturated rings. The van der Waals surface area contributed by atoms with Crippen LogP contribution < -0.4 is 10.5 Å². The number of hydrogen-bond donors (Lipinski definition) is 0. The molecule has 1 unspecified atom stereocenters. The van der Waals surface area contributed by atoms with Gasteiger partial charge in [0.05, 0.1) is 17.5 Å². The molecule has 2 aromatic heterocycles. The fourth-order valence-corrected chi connectivity index (χ4v) is 6.12. The largest absolute Gasteiger partial charge is 0.377 e. The fraction of sp³-hybridized carbons (Fsp3) is 0.320. The number of nitrogens with zero attached hydrogens (tertiary/aromatic N) is 4. The van der Waals surface area contributed by atoms with Gasteiger partial charge in [-0.05, 0) is 61.9 Å². The topological polar surface area (TPSA) is 68.8 Å². The number of amidine groups is 1. The predicted octanol–water partition coefficient (Wildman–Crippen LogP) is 4.51. The van der Waals surface area contributed by atoms with E-state index < -0.39 is 0 Å². The number of aromatic nitrogens is 2. The third-order valence-corrected chi connectivity index (χ3v) is 8.21. The molecule has 176 valence electrons. The Kier molecular flexibility index (Phi) is 6.33. The van der Waals surface area contributed by atoms with E-state index in [1.165, 1.54) is 16.7 Å². The minimum absolute atomic E-state index is 0.134. The molecule has 1 saturated heterocycles. The molecule has 0 bridgehead atoms. The highest BCUT2D eigenvalue weighted by Gasteiger charge is 2.37. The average molecular weight is 495 g/mol. The van der Waals surface area contributed by atoms with Crippen molar-refractivity contribution in [2.45, 2.75) is 32.8 Å². The number of carbonyl (C=O) groups is 1. The second-order valence-electron chi connectivity index (χ2n) is 8.39. The molecule has 5 rings (SSSR count). The monoisotopic (exact) mass is 494 g/mol. The Balaban J connectivity index is 1.58. The zero-order valence-corrected chi connectivity index (χ0v) is 21.0. The van der Waals surface area contributed by atoms with E-state index >= 15 is 0 Å². The van der Waals surface area contributed by atoms with E-state index in [9.17, 15) is 9.59 Å². The molecule has 4 heterocycles. The second-order valence-corrected chi connectivity index (χ2v) is 10.3. The van der Waals surface area contributed by atoms with Crippen molar-refractivity contribution in [1.29, 1.82) is 0 Å². The second kappa shape index (κ2) is 9.40. The normalized spacial score (nSPS) is 19.4. The van der Waals surface area contributed by atoms with E-state index in [1.54, 1.807) is 20.7 Å². The Morgan fingerprint density at radius 3 is 2.68 bits per heavy atom. The van der Waals surface area contributed by atoms with Crippen molar-refractivity contribution in [1.82, 2.24) is 9.36 Å². The summed E-state index contributed by atoms with van der Waals surface area (Å²) < 4.78 is 9.15. The number of thiophene rings is 1. The molecule has 0 saturated carbocycles. The number of thioether (sulfide) groups is 1. The zero-order chi connectivity index (χ0) is 23.8. The highest BCUT2D eigenvalue weighted by atomic mass is 32.2. The van der Waals surface area contributed by atoms with E-state index in [0.717, 1.165) is 35.6 Å². The fourth-order valence-electron chi connectivity index (χ4n) is 4.20. The summed E-state index contributed by atoms with van der Waals surface area (Å²) in [6.07, 6.45) is 4.00. The Labute approximate surface area is 206 Å². The van der Waals surface area contributed by atoms with Gasteiger partial charge in [-0.2, -0.15) is 0 Å². The van der Waals surface area contributed by atoms with Crippen molar-refractivity contribution < 1.29 is 9.53 Å². The molecule has 0 N–H and O–H groups in total. The van der Waals surface area contributed by atoms with Gasteiger partial charge in [0.25, 0.3) is 11.5 Å². The Hall–Kier alpha value is -2.88. The van der Waals surface area contributed by atoms with Crippen LogP contribution in [0.5, 0.6) is 0 Å². The number of aliphatic imine (C=N–C) groups is 1. The number of para-hydroxylation sites is 1. The maximum Gasteiger partial charge on any atom is 0.296 e. The molecule has 1 aromatic carbocycles. The van der Waals surface area contributed by atoms with E-state index in [0.29, 0.717) is 28.0 Å². The van der Waals surface area contributed by atoms with Crippen LogP contribution in [0.25, 0.3) is 11.8 Å². The molecular weight excluding hydrogens is 468 g/mol. The molecule has 7 nitrogen and oxygen atoms in total. The molecule has 0 aliphatic carbocycles. The summed E-state index contributed by atoms with van der Waals surface area (Å²) in [5.41, 5.74) is 2.96. The summed E-state index contributed by atoms with van der Waals surface area (Å²) in [4.78, 5) is 34.5. The zero-order valence-electron chi connectivity index (χ0n) is 19.4. The SMILES string of the molecule is Cc1ccsc1/C=C1\N=C(SCC2CCCO2)N(c2c(C)n(C)n(-c3ccccc3)c2=O)C1=O. The van der Waals surface area contributed by atoms with Gasteiger partial charge in [-0.1, -0.05) is 30.0 Å². The summed E-state index contributed by atoms with van der Waals surface area (Å²) in [6.45, 7) is 4.64. The van der Waals surface area contributed by atoms with Crippen molar-refractivity contribution in [3.8, 4) is 5.69 Å². The summed E-state index contributed by atoms with van der Waals surface area (Å²) in [6, 6.07) is 11.5. The van der Waals surface area contributed by atoms with Crippen LogP contribution in [0.15, 0.2) is 57.3 Å². The molecule has 9 heteroatoms. The number of carbonyl (C=O) groups excluding carboxylic acids is 1. The Bertz CT molecular complexity index is 1340. The van der Waals surface area contributed by atoms with E-state index in [1.807, 2.05) is 68.7 Å². The lowest BCUT2D eigenvalue weighted by Gasteiger charge is -2.17. The summed E-state index contributed by atoms with van der Waals surface area (Å²) >= 11 is 3.04. The van der Waals surface area contributed by atoms with Gasteiger partial charge in [0.1, 0.15) is 11.4 Å². The van der Waals surface area contributed by atoms with Crippen LogP contribution in [0.2, 0.25) is 0 Å². The molecule has 0 radical (unpaired) electrons. The molecule has 2 aliphatic rings. The molecule has 1 amide bonds. The van der Waals surface area contributed by atoms with Gasteiger partial charge < -0.3 is 4.74 Å². The lowest BCUT2D eigenvalue weighted by Crippen LogP contribution is -2.35. The average Bonchev–Trinajstić information content (AvgIpc) is 3.60. The summed E-state index contributed by atoms with van der Waals surface area (Å²) in [5.74, 6) is 0.404. The Morgan fingerprint density at radius 1 is 1.21 bits per heavy atom. The number of amides is 1. The third-order valence-electron chi connectivity index (χ3n) is 6.17. The lowest BCUT2D eigenvalue weighted by atomic mass is 10.2. The van der Waals surface area contributed by atoms with Gasteiger partial charge >= 0.3 is 0 Å². The van der Waals surface area contributed by atoms with Gasteiger partial charge in [-0.15, -0.1) is 11.3 Å². The quantitative estimate of drug-likeness (QED) is 0.490. The molecule has 34 heavy (non-hydrogen) atoms. The predicted molar refractivity (Wildman–Crippen MR) is 139 cm³/mol. The maximum atomic E-state index is 13.7. The van der Waals surface area contributed by atoms with Gasteiger partial charge in [0.15, 0.2) is 5.17 Å². The molecular formula is C25H26N4O3S2. The minimum atomic E-state index is -0.284. The van der Waals surface area contributed by atoms with Crippen LogP contribution in [-0.4, -0.2) is 38.9 Å². The van der Waals surface area contributed by atoms with E-state index in [4.69, 9.17) is 9.73 Å². The summed E-state index contributed by atoms with van der Waals surface area (Å²) in [7, 11) is 1.83. The maximum absolute atomic E-state index is 13.7. The van der Waals surface area contributed by atoms with Crippen LogP contribution in [0, 0.1) is 13.8 Å². The van der Waals surface area contributed by atoms with E-state index in [-0.39, 0.29) is 17.6 Å². The first-order valence-electron chi connectivity index (χ1n) is 11.2. The number of anilines is 1. The van der Waals surface area contributed by atoms with Crippen LogP contribution >= 0.6 is 23.1 Å². The number of aryl methyl sites for hydroxylation is 1. The number of ether oxygens (including phenoxy) is 1. The van der Waals surface area contributed by atoms with Crippen LogP contribution in [0.1, 0.15) is 29.0 Å². The smallest absolute Gasteiger partial charge is 0.296 e. The van der Waals surface area contributed by atoms with Gasteiger partial charge in [-0.3, -0.25) is 14.3 Å². The highest BCUT2D eigenvalue weighted by Crippen LogP contribution is 2.32. The minimum Gasteiger partial charge on any atom is -0.377 e. The van der Waals surface area contributed by atoms with Crippen LogP contribution in [0.4, 0.5) is 5.69 Å². The third kappa shape index (κ3) is 4.08. The number of hydrogen-bond acceptors (Lipinski definition) is 6. The first kappa shape index (κ1) is 22.9. The molecule has 1 atom stereocenters. The molecule has 0 spiro atoms. The van der Waals surface area contributed by atoms with Crippen molar-refractivity contribution >= 4 is 45.9 Å². The molecule has 3 aromatic rings. The van der Waals surface area contributed by atoms with Gasteiger partial charge in [0.2, 0.25) is 0 Å². The van der Waals surface area contributed by atoms with Crippen molar-refractivity contribution in [3.05, 3.63) is 74.0 Å². The highest BCUT2D eigenvalue weighted by molar-refractivity contribution is 8.14. The summed E-state index contributed by atoms with van der Waals surface area (Å²) in [5, 5.41) is 2.52. The number of benzene rings is 1. The molecule has 2 aliphatic heterocycles.